The summed E-state index contributed by atoms with van der Waals surface area (Å²) in [4.78, 5) is 23.8. The van der Waals surface area contributed by atoms with Gasteiger partial charge in [-0.15, -0.1) is 0 Å². The van der Waals surface area contributed by atoms with Gasteiger partial charge in [-0.2, -0.15) is 0 Å². The summed E-state index contributed by atoms with van der Waals surface area (Å²) in [6.07, 6.45) is 2.26. The summed E-state index contributed by atoms with van der Waals surface area (Å²) in [6.45, 7) is 7.35. The number of amides is 2. The van der Waals surface area contributed by atoms with Gasteiger partial charge in [0.15, 0.2) is 11.5 Å². The highest BCUT2D eigenvalue weighted by atomic mass is 35.5. The monoisotopic (exact) mass is 637 g/mol. The number of nitrogens with zero attached hydrogens (tertiary/aromatic N) is 3. The fourth-order valence-electron chi connectivity index (χ4n) is 5.12. The molecule has 0 radical (unpaired) electrons. The van der Waals surface area contributed by atoms with Crippen molar-refractivity contribution in [3.63, 3.8) is 0 Å². The van der Waals surface area contributed by atoms with Crippen LogP contribution in [0.1, 0.15) is 24.9 Å². The topological polar surface area (TPSA) is 116 Å². The van der Waals surface area contributed by atoms with Crippen molar-refractivity contribution >= 4 is 34.2 Å². The van der Waals surface area contributed by atoms with E-state index >= 15 is 0 Å². The molecule has 0 aliphatic carbocycles. The van der Waals surface area contributed by atoms with Crippen LogP contribution >= 0.6 is 11.6 Å². The first-order valence-corrected chi connectivity index (χ1v) is 15.1. The van der Waals surface area contributed by atoms with Crippen LogP contribution in [0.2, 0.25) is 5.02 Å². The Balaban J connectivity index is 1.14. The maximum Gasteiger partial charge on any atom is 0.319 e. The van der Waals surface area contributed by atoms with Crippen molar-refractivity contribution in [1.82, 2.24) is 20.2 Å². The molecule has 2 aliphatic rings. The molecule has 2 amide bonds. The lowest BCUT2D eigenvalue weighted by Crippen LogP contribution is -2.37. The number of carbonyl (C=O) groups excluding carboxylic acids is 1. The molecule has 4 aromatic rings. The maximum atomic E-state index is 13.2. The highest BCUT2D eigenvalue weighted by molar-refractivity contribution is 6.33. The molecule has 0 bridgehead atoms. The summed E-state index contributed by atoms with van der Waals surface area (Å²) < 4.78 is 42.9. The lowest BCUT2D eigenvalue weighted by Gasteiger charge is -2.26. The van der Waals surface area contributed by atoms with Gasteiger partial charge >= 0.3 is 6.03 Å². The predicted octanol–water partition coefficient (Wildman–Crippen LogP) is 5.97. The van der Waals surface area contributed by atoms with Crippen molar-refractivity contribution in [3.05, 3.63) is 71.3 Å². The van der Waals surface area contributed by atoms with Gasteiger partial charge in [0.05, 0.1) is 42.1 Å². The molecule has 0 saturated carbocycles. The third kappa shape index (κ3) is 7.47. The SMILES string of the molecule is CC(NC(=O)Nc1ccc(Oc2ncnc3cc(OCCCN4CCOCC4)c4c(c23)OCCO4)cc1Cl)c1ccc(F)cc1. The molecule has 1 aromatic heterocycles. The van der Waals surface area contributed by atoms with Crippen LogP contribution in [0.15, 0.2) is 54.9 Å². The summed E-state index contributed by atoms with van der Waals surface area (Å²) in [5.41, 5.74) is 1.71. The molecule has 6 rings (SSSR count). The Morgan fingerprint density at radius 2 is 1.82 bits per heavy atom. The van der Waals surface area contributed by atoms with E-state index in [1.807, 2.05) is 0 Å². The third-order valence-corrected chi connectivity index (χ3v) is 7.76. The van der Waals surface area contributed by atoms with Crippen molar-refractivity contribution in [2.75, 3.05) is 58.0 Å². The molecule has 0 spiro atoms. The van der Waals surface area contributed by atoms with Gasteiger partial charge in [-0.05, 0) is 43.2 Å². The Bertz CT molecular complexity index is 1650. The predicted molar refractivity (Wildman–Crippen MR) is 166 cm³/mol. The van der Waals surface area contributed by atoms with Gasteiger partial charge < -0.3 is 34.3 Å². The van der Waals surface area contributed by atoms with E-state index in [2.05, 4.69) is 25.5 Å². The molecule has 1 atom stereocenters. The van der Waals surface area contributed by atoms with E-state index in [0.717, 1.165) is 44.8 Å². The molecule has 236 valence electrons. The zero-order valence-corrected chi connectivity index (χ0v) is 25.4. The Kier molecular flexibility index (Phi) is 9.63. The molecule has 11 nitrogen and oxygen atoms in total. The zero-order chi connectivity index (χ0) is 31.2. The quantitative estimate of drug-likeness (QED) is 0.203. The van der Waals surface area contributed by atoms with Gasteiger partial charge in [-0.1, -0.05) is 23.7 Å². The van der Waals surface area contributed by atoms with Crippen LogP contribution in [0.5, 0.6) is 28.9 Å². The Hall–Kier alpha value is -4.39. The van der Waals surface area contributed by atoms with E-state index in [-0.39, 0.29) is 22.8 Å². The number of fused-ring (bicyclic) bond motifs is 3. The summed E-state index contributed by atoms with van der Waals surface area (Å²) in [5, 5.41) is 6.34. The van der Waals surface area contributed by atoms with Crippen LogP contribution < -0.4 is 29.6 Å². The molecule has 45 heavy (non-hydrogen) atoms. The van der Waals surface area contributed by atoms with Crippen molar-refractivity contribution in [2.45, 2.75) is 19.4 Å². The van der Waals surface area contributed by atoms with Gasteiger partial charge in [0.25, 0.3) is 0 Å². The van der Waals surface area contributed by atoms with Crippen LogP contribution in [0, 0.1) is 5.82 Å². The van der Waals surface area contributed by atoms with Crippen molar-refractivity contribution in [2.24, 2.45) is 0 Å². The van der Waals surface area contributed by atoms with Crippen molar-refractivity contribution in [3.8, 4) is 28.9 Å². The number of hydrogen-bond donors (Lipinski definition) is 2. The molecule has 3 aromatic carbocycles. The lowest BCUT2D eigenvalue weighted by molar-refractivity contribution is 0.0357. The van der Waals surface area contributed by atoms with Gasteiger partial charge in [0.1, 0.15) is 36.5 Å². The van der Waals surface area contributed by atoms with Crippen LogP contribution in [-0.4, -0.2) is 73.6 Å². The van der Waals surface area contributed by atoms with E-state index in [0.29, 0.717) is 59.4 Å². The molecule has 3 heterocycles. The summed E-state index contributed by atoms with van der Waals surface area (Å²) >= 11 is 6.51. The van der Waals surface area contributed by atoms with Crippen LogP contribution in [0.25, 0.3) is 10.9 Å². The van der Waals surface area contributed by atoms with Crippen LogP contribution in [0.3, 0.4) is 0 Å². The number of aromatic nitrogens is 2. The molecule has 2 N–H and O–H groups in total. The molecular weight excluding hydrogens is 605 g/mol. The molecule has 1 saturated heterocycles. The lowest BCUT2D eigenvalue weighted by atomic mass is 10.1. The zero-order valence-electron chi connectivity index (χ0n) is 24.7. The number of nitrogens with one attached hydrogen (secondary N) is 2. The molecule has 1 fully saturated rings. The Labute approximate surface area is 264 Å². The number of benzene rings is 3. The minimum absolute atomic E-state index is 0.253. The smallest absolute Gasteiger partial charge is 0.319 e. The van der Waals surface area contributed by atoms with Gasteiger partial charge in [0, 0.05) is 31.8 Å². The second kappa shape index (κ2) is 14.1. The normalized spacial score (nSPS) is 15.4. The largest absolute Gasteiger partial charge is 0.489 e. The molecular formula is C32H33ClFN5O6. The van der Waals surface area contributed by atoms with E-state index in [4.69, 9.17) is 35.3 Å². The molecule has 13 heteroatoms. The summed E-state index contributed by atoms with van der Waals surface area (Å²) in [6, 6.07) is 11.8. The van der Waals surface area contributed by atoms with E-state index in [9.17, 15) is 9.18 Å². The highest BCUT2D eigenvalue weighted by Gasteiger charge is 2.25. The number of rotatable bonds is 10. The minimum atomic E-state index is -0.466. The number of anilines is 1. The number of ether oxygens (including phenoxy) is 5. The van der Waals surface area contributed by atoms with Crippen LogP contribution in [-0.2, 0) is 4.74 Å². The first-order valence-electron chi connectivity index (χ1n) is 14.7. The average Bonchev–Trinajstić information content (AvgIpc) is 3.05. The fourth-order valence-corrected chi connectivity index (χ4v) is 5.34. The van der Waals surface area contributed by atoms with Crippen molar-refractivity contribution < 1.29 is 32.9 Å². The molecule has 2 aliphatic heterocycles. The fraction of sp³-hybridized carbons (Fsp3) is 0.344. The molecule has 1 unspecified atom stereocenters. The number of urea groups is 1. The first-order chi connectivity index (χ1) is 21.9. The second-order valence-corrected chi connectivity index (χ2v) is 11.0. The van der Waals surface area contributed by atoms with Crippen molar-refractivity contribution in [1.29, 1.82) is 0 Å². The van der Waals surface area contributed by atoms with Gasteiger partial charge in [-0.3, -0.25) is 4.90 Å². The number of carbonyl (C=O) groups is 1. The summed E-state index contributed by atoms with van der Waals surface area (Å²) in [7, 11) is 0. The standard InChI is InChI=1S/C32H33ClFN5O6/c1-20(21-3-5-22(34)6-4-21)37-32(40)38-25-8-7-23(17-24(25)33)45-31-28-26(35-19-36-31)18-27(29-30(28)44-16-15-43-29)42-12-2-9-39-10-13-41-14-11-39/h3-8,17-20H,2,9-16H2,1H3,(H2,37,38,40). The van der Waals surface area contributed by atoms with E-state index in [1.54, 1.807) is 43.3 Å². The number of morpholine rings is 1. The maximum absolute atomic E-state index is 13.2. The Morgan fingerprint density at radius 1 is 1.04 bits per heavy atom. The number of hydrogen-bond acceptors (Lipinski definition) is 9. The average molecular weight is 638 g/mol. The van der Waals surface area contributed by atoms with E-state index in [1.165, 1.54) is 18.5 Å². The van der Waals surface area contributed by atoms with Gasteiger partial charge in [0.2, 0.25) is 11.6 Å². The van der Waals surface area contributed by atoms with Gasteiger partial charge in [-0.25, -0.2) is 19.2 Å². The summed E-state index contributed by atoms with van der Waals surface area (Å²) in [5.74, 6) is 1.79. The number of halogens is 2. The Morgan fingerprint density at radius 3 is 2.60 bits per heavy atom. The second-order valence-electron chi connectivity index (χ2n) is 10.6. The third-order valence-electron chi connectivity index (χ3n) is 7.44. The first kappa shape index (κ1) is 30.6. The van der Waals surface area contributed by atoms with Crippen LogP contribution in [0.4, 0.5) is 14.9 Å². The highest BCUT2D eigenvalue weighted by Crippen LogP contribution is 2.48. The minimum Gasteiger partial charge on any atom is -0.489 e. The van der Waals surface area contributed by atoms with E-state index < -0.39 is 6.03 Å².